The summed E-state index contributed by atoms with van der Waals surface area (Å²) in [5.74, 6) is 2.59. The first-order valence-corrected chi connectivity index (χ1v) is 10.6. The second kappa shape index (κ2) is 7.91. The van der Waals surface area contributed by atoms with E-state index in [0.29, 0.717) is 5.92 Å². The van der Waals surface area contributed by atoms with Crippen LogP contribution >= 0.6 is 11.3 Å². The van der Waals surface area contributed by atoms with Crippen molar-refractivity contribution in [3.8, 4) is 0 Å². The SMILES string of the molecule is CCC(C)NC(=O)C1CCN(c2nc(C(C)C)nc3csc(C)c23)CC1. The lowest BCUT2D eigenvalue weighted by molar-refractivity contribution is -0.126. The van der Waals surface area contributed by atoms with Gasteiger partial charge in [0, 0.05) is 41.2 Å². The van der Waals surface area contributed by atoms with Gasteiger partial charge >= 0.3 is 0 Å². The maximum atomic E-state index is 12.4. The molecular weight excluding hydrogens is 344 g/mol. The summed E-state index contributed by atoms with van der Waals surface area (Å²) in [4.78, 5) is 25.7. The molecule has 0 saturated carbocycles. The van der Waals surface area contributed by atoms with E-state index in [2.05, 4.69) is 50.2 Å². The zero-order valence-corrected chi connectivity index (χ0v) is 17.3. The first-order chi connectivity index (χ1) is 12.4. The molecule has 1 atom stereocenters. The molecule has 3 rings (SSSR count). The predicted molar refractivity (Wildman–Crippen MR) is 109 cm³/mol. The normalized spacial score (nSPS) is 17.1. The third kappa shape index (κ3) is 3.85. The van der Waals surface area contributed by atoms with E-state index in [1.54, 1.807) is 11.3 Å². The number of amides is 1. The van der Waals surface area contributed by atoms with Crippen molar-refractivity contribution in [3.63, 3.8) is 0 Å². The standard InChI is InChI=1S/C20H30N4OS/c1-6-13(4)21-20(25)15-7-9-24(10-8-15)19-17-14(5)26-11-16(17)22-18(23-19)12(2)3/h11-13,15H,6-10H2,1-5H3,(H,21,25). The number of nitrogens with one attached hydrogen (secondary N) is 1. The molecule has 0 aromatic carbocycles. The molecule has 1 N–H and O–H groups in total. The number of fused-ring (bicyclic) bond motifs is 1. The van der Waals surface area contributed by atoms with Gasteiger partial charge in [-0.05, 0) is 33.1 Å². The molecule has 0 spiro atoms. The second-order valence-corrected chi connectivity index (χ2v) is 8.78. The average Bonchev–Trinajstić information content (AvgIpc) is 3.02. The zero-order chi connectivity index (χ0) is 18.8. The van der Waals surface area contributed by atoms with Crippen molar-refractivity contribution in [2.75, 3.05) is 18.0 Å². The number of piperidine rings is 1. The Morgan fingerprint density at radius 3 is 2.62 bits per heavy atom. The highest BCUT2D eigenvalue weighted by atomic mass is 32.1. The van der Waals surface area contributed by atoms with Gasteiger partial charge in [-0.25, -0.2) is 9.97 Å². The van der Waals surface area contributed by atoms with E-state index in [0.717, 1.165) is 49.5 Å². The highest BCUT2D eigenvalue weighted by Crippen LogP contribution is 2.34. The Balaban J connectivity index is 1.79. The van der Waals surface area contributed by atoms with Crippen molar-refractivity contribution in [2.24, 2.45) is 5.92 Å². The second-order valence-electron chi connectivity index (χ2n) is 7.69. The van der Waals surface area contributed by atoms with Crippen LogP contribution in [0.3, 0.4) is 0 Å². The number of carbonyl (C=O) groups is 1. The monoisotopic (exact) mass is 374 g/mol. The molecular formula is C20H30N4OS. The number of hydrogen-bond donors (Lipinski definition) is 1. The fraction of sp³-hybridized carbons (Fsp3) is 0.650. The van der Waals surface area contributed by atoms with Crippen LogP contribution in [-0.4, -0.2) is 35.0 Å². The molecule has 3 heterocycles. The van der Waals surface area contributed by atoms with Crippen LogP contribution in [0.5, 0.6) is 0 Å². The van der Waals surface area contributed by atoms with E-state index < -0.39 is 0 Å². The molecule has 1 saturated heterocycles. The Hall–Kier alpha value is -1.69. The highest BCUT2D eigenvalue weighted by molar-refractivity contribution is 7.11. The number of nitrogens with zero attached hydrogens (tertiary/aromatic N) is 3. The molecule has 1 aliphatic heterocycles. The van der Waals surface area contributed by atoms with Crippen LogP contribution in [0.15, 0.2) is 5.38 Å². The van der Waals surface area contributed by atoms with Crippen LogP contribution in [0.2, 0.25) is 0 Å². The van der Waals surface area contributed by atoms with Gasteiger partial charge in [-0.1, -0.05) is 20.8 Å². The van der Waals surface area contributed by atoms with Crippen molar-refractivity contribution in [2.45, 2.75) is 65.8 Å². The minimum absolute atomic E-state index is 0.116. The molecule has 1 amide bonds. The van der Waals surface area contributed by atoms with Gasteiger partial charge in [0.2, 0.25) is 5.91 Å². The van der Waals surface area contributed by atoms with Crippen molar-refractivity contribution in [1.82, 2.24) is 15.3 Å². The summed E-state index contributed by atoms with van der Waals surface area (Å²) >= 11 is 1.74. The van der Waals surface area contributed by atoms with Gasteiger partial charge in [-0.15, -0.1) is 11.3 Å². The van der Waals surface area contributed by atoms with Crippen molar-refractivity contribution < 1.29 is 4.79 Å². The van der Waals surface area contributed by atoms with Crippen LogP contribution in [0.4, 0.5) is 5.82 Å². The Morgan fingerprint density at radius 2 is 2.00 bits per heavy atom. The number of aromatic nitrogens is 2. The predicted octanol–water partition coefficient (Wildman–Crippen LogP) is 4.25. The Labute approximate surface area is 160 Å². The molecule has 26 heavy (non-hydrogen) atoms. The smallest absolute Gasteiger partial charge is 0.223 e. The fourth-order valence-corrected chi connectivity index (χ4v) is 4.19. The number of rotatable bonds is 5. The van der Waals surface area contributed by atoms with Crippen molar-refractivity contribution in [3.05, 3.63) is 16.1 Å². The van der Waals surface area contributed by atoms with Crippen molar-refractivity contribution in [1.29, 1.82) is 0 Å². The van der Waals surface area contributed by atoms with Gasteiger partial charge in [0.1, 0.15) is 11.6 Å². The number of hydrogen-bond acceptors (Lipinski definition) is 5. The molecule has 1 aliphatic rings. The van der Waals surface area contributed by atoms with Gasteiger partial charge < -0.3 is 10.2 Å². The Kier molecular flexibility index (Phi) is 5.80. The number of carbonyl (C=O) groups excluding carboxylic acids is 1. The first-order valence-electron chi connectivity index (χ1n) is 9.71. The molecule has 6 heteroatoms. The summed E-state index contributed by atoms with van der Waals surface area (Å²) in [7, 11) is 0. The highest BCUT2D eigenvalue weighted by Gasteiger charge is 2.28. The minimum atomic E-state index is 0.116. The number of anilines is 1. The molecule has 0 aliphatic carbocycles. The molecule has 1 unspecified atom stereocenters. The maximum absolute atomic E-state index is 12.4. The van der Waals surface area contributed by atoms with Gasteiger partial charge in [-0.3, -0.25) is 4.79 Å². The third-order valence-electron chi connectivity index (χ3n) is 5.32. The van der Waals surface area contributed by atoms with Gasteiger partial charge in [0.25, 0.3) is 0 Å². The molecule has 1 fully saturated rings. The lowest BCUT2D eigenvalue weighted by atomic mass is 9.95. The maximum Gasteiger partial charge on any atom is 0.223 e. The summed E-state index contributed by atoms with van der Waals surface area (Å²) in [5, 5.41) is 6.45. The molecule has 2 aromatic rings. The van der Waals surface area contributed by atoms with E-state index >= 15 is 0 Å². The van der Waals surface area contributed by atoms with E-state index in [-0.39, 0.29) is 17.9 Å². The average molecular weight is 375 g/mol. The molecule has 0 bridgehead atoms. The summed E-state index contributed by atoms with van der Waals surface area (Å²) in [6.07, 6.45) is 2.74. The molecule has 142 valence electrons. The number of aryl methyl sites for hydroxylation is 1. The topological polar surface area (TPSA) is 58.1 Å². The first kappa shape index (κ1) is 19.1. The minimum Gasteiger partial charge on any atom is -0.356 e. The van der Waals surface area contributed by atoms with E-state index in [1.165, 1.54) is 10.3 Å². The third-order valence-corrected chi connectivity index (χ3v) is 6.22. The zero-order valence-electron chi connectivity index (χ0n) is 16.5. The van der Waals surface area contributed by atoms with Crippen LogP contribution in [-0.2, 0) is 4.79 Å². The Bertz CT molecular complexity index is 777. The van der Waals surface area contributed by atoms with Crippen LogP contribution in [0.1, 0.15) is 63.6 Å². The lowest BCUT2D eigenvalue weighted by Crippen LogP contribution is -2.43. The lowest BCUT2D eigenvalue weighted by Gasteiger charge is -2.33. The van der Waals surface area contributed by atoms with Gasteiger partial charge in [0.05, 0.1) is 10.9 Å². The van der Waals surface area contributed by atoms with Crippen LogP contribution in [0.25, 0.3) is 10.9 Å². The summed E-state index contributed by atoms with van der Waals surface area (Å²) in [5.41, 5.74) is 1.05. The molecule has 0 radical (unpaired) electrons. The summed E-state index contributed by atoms with van der Waals surface area (Å²) < 4.78 is 0. The van der Waals surface area contributed by atoms with E-state index in [4.69, 9.17) is 9.97 Å². The van der Waals surface area contributed by atoms with Crippen molar-refractivity contribution >= 4 is 34.0 Å². The summed E-state index contributed by atoms with van der Waals surface area (Å²) in [6.45, 7) is 12.3. The van der Waals surface area contributed by atoms with E-state index in [9.17, 15) is 4.79 Å². The van der Waals surface area contributed by atoms with Crippen LogP contribution < -0.4 is 10.2 Å². The van der Waals surface area contributed by atoms with Gasteiger partial charge in [0.15, 0.2) is 0 Å². The fourth-order valence-electron chi connectivity index (χ4n) is 3.41. The quantitative estimate of drug-likeness (QED) is 0.850. The number of thiophene rings is 1. The molecule has 2 aromatic heterocycles. The van der Waals surface area contributed by atoms with Crippen LogP contribution in [0, 0.1) is 12.8 Å². The van der Waals surface area contributed by atoms with E-state index in [1.807, 2.05) is 0 Å². The summed E-state index contributed by atoms with van der Waals surface area (Å²) in [6, 6.07) is 0.254. The van der Waals surface area contributed by atoms with Gasteiger partial charge in [-0.2, -0.15) is 0 Å². The Morgan fingerprint density at radius 1 is 1.31 bits per heavy atom. The largest absolute Gasteiger partial charge is 0.356 e. The molecule has 5 nitrogen and oxygen atoms in total.